The molecule has 0 aromatic heterocycles. The topological polar surface area (TPSA) is 52.3 Å². The Hall–Kier alpha value is -2.00. The molecular formula is C16H16ClNO2. The fourth-order valence-electron chi connectivity index (χ4n) is 2.23. The van der Waals surface area contributed by atoms with Crippen molar-refractivity contribution in [2.75, 3.05) is 12.8 Å². The van der Waals surface area contributed by atoms with Crippen LogP contribution in [0.1, 0.15) is 27.0 Å². The summed E-state index contributed by atoms with van der Waals surface area (Å²) in [5.41, 5.74) is 8.76. The fraction of sp³-hybridized carbons (Fsp3) is 0.188. The maximum absolute atomic E-state index is 12.8. The lowest BCUT2D eigenvalue weighted by Crippen LogP contribution is -2.10. The van der Waals surface area contributed by atoms with Gasteiger partial charge in [-0.1, -0.05) is 23.7 Å². The molecule has 0 amide bonds. The molecule has 0 saturated heterocycles. The van der Waals surface area contributed by atoms with Crippen molar-refractivity contribution in [1.29, 1.82) is 0 Å². The molecule has 0 radical (unpaired) electrons. The highest BCUT2D eigenvalue weighted by Gasteiger charge is 2.22. The third-order valence-electron chi connectivity index (χ3n) is 3.30. The van der Waals surface area contributed by atoms with Crippen LogP contribution in [0.15, 0.2) is 30.3 Å². The Morgan fingerprint density at radius 1 is 1.25 bits per heavy atom. The molecule has 0 spiro atoms. The van der Waals surface area contributed by atoms with Crippen LogP contribution in [0.5, 0.6) is 5.75 Å². The van der Waals surface area contributed by atoms with Crippen LogP contribution in [-0.2, 0) is 0 Å². The third-order valence-corrected chi connectivity index (χ3v) is 3.69. The van der Waals surface area contributed by atoms with Gasteiger partial charge >= 0.3 is 0 Å². The number of halogens is 1. The van der Waals surface area contributed by atoms with E-state index in [1.54, 1.807) is 44.4 Å². The highest BCUT2D eigenvalue weighted by atomic mass is 35.5. The van der Waals surface area contributed by atoms with E-state index in [2.05, 4.69) is 0 Å². The molecule has 0 saturated carbocycles. The zero-order valence-corrected chi connectivity index (χ0v) is 12.4. The molecule has 2 rings (SSSR count). The molecule has 0 atom stereocenters. The van der Waals surface area contributed by atoms with Crippen LogP contribution < -0.4 is 10.5 Å². The number of hydrogen-bond acceptors (Lipinski definition) is 3. The number of nitrogen functional groups attached to an aromatic ring is 1. The summed E-state index contributed by atoms with van der Waals surface area (Å²) in [6, 6.07) is 8.77. The van der Waals surface area contributed by atoms with E-state index >= 15 is 0 Å². The number of methoxy groups -OCH3 is 1. The predicted molar refractivity (Wildman–Crippen MR) is 81.8 cm³/mol. The zero-order chi connectivity index (χ0) is 14.9. The zero-order valence-electron chi connectivity index (χ0n) is 11.7. The monoisotopic (exact) mass is 289 g/mol. The maximum atomic E-state index is 12.8. The lowest BCUT2D eigenvalue weighted by Gasteiger charge is -2.15. The molecule has 2 aromatic carbocycles. The number of para-hydroxylation sites is 1. The Labute approximate surface area is 123 Å². The first kappa shape index (κ1) is 14.4. The quantitative estimate of drug-likeness (QED) is 0.691. The molecule has 4 heteroatoms. The van der Waals surface area contributed by atoms with E-state index < -0.39 is 0 Å². The van der Waals surface area contributed by atoms with E-state index in [1.807, 2.05) is 6.92 Å². The van der Waals surface area contributed by atoms with Crippen molar-refractivity contribution < 1.29 is 9.53 Å². The molecule has 2 aromatic rings. The van der Waals surface area contributed by atoms with Crippen LogP contribution in [-0.4, -0.2) is 12.9 Å². The number of nitrogens with two attached hydrogens (primary N) is 1. The number of hydrogen-bond donors (Lipinski definition) is 1. The van der Waals surface area contributed by atoms with Crippen molar-refractivity contribution in [2.45, 2.75) is 13.8 Å². The van der Waals surface area contributed by atoms with Gasteiger partial charge in [0.1, 0.15) is 5.75 Å². The average molecular weight is 290 g/mol. The second-order valence-corrected chi connectivity index (χ2v) is 5.03. The molecular weight excluding hydrogens is 274 g/mol. The van der Waals surface area contributed by atoms with Gasteiger partial charge in [-0.15, -0.1) is 0 Å². The number of aryl methyl sites for hydroxylation is 1. The van der Waals surface area contributed by atoms with Crippen LogP contribution in [0.25, 0.3) is 0 Å². The molecule has 0 aliphatic rings. The SMILES string of the molecule is COc1c(C)cc(Cl)c(C)c1C(=O)c1ccccc1N. The summed E-state index contributed by atoms with van der Waals surface area (Å²) in [4.78, 5) is 12.8. The molecule has 0 unspecified atom stereocenters. The predicted octanol–water partition coefficient (Wildman–Crippen LogP) is 3.78. The van der Waals surface area contributed by atoms with E-state index in [-0.39, 0.29) is 5.78 Å². The number of anilines is 1. The van der Waals surface area contributed by atoms with E-state index in [1.165, 1.54) is 0 Å². The summed E-state index contributed by atoms with van der Waals surface area (Å²) in [7, 11) is 1.54. The maximum Gasteiger partial charge on any atom is 0.199 e. The lowest BCUT2D eigenvalue weighted by atomic mass is 9.95. The van der Waals surface area contributed by atoms with Crippen molar-refractivity contribution >= 4 is 23.1 Å². The smallest absolute Gasteiger partial charge is 0.199 e. The lowest BCUT2D eigenvalue weighted by molar-refractivity contribution is 0.103. The molecule has 20 heavy (non-hydrogen) atoms. The first-order valence-corrected chi connectivity index (χ1v) is 6.58. The van der Waals surface area contributed by atoms with Crippen molar-refractivity contribution in [3.05, 3.63) is 57.6 Å². The van der Waals surface area contributed by atoms with E-state index in [9.17, 15) is 4.79 Å². The van der Waals surface area contributed by atoms with Crippen LogP contribution in [0, 0.1) is 13.8 Å². The normalized spacial score (nSPS) is 10.4. The number of carbonyl (C=O) groups excluding carboxylic acids is 1. The molecule has 0 fully saturated rings. The highest BCUT2D eigenvalue weighted by Crippen LogP contribution is 2.34. The summed E-state index contributed by atoms with van der Waals surface area (Å²) in [6.07, 6.45) is 0. The van der Waals surface area contributed by atoms with Crippen molar-refractivity contribution in [3.8, 4) is 5.75 Å². The molecule has 2 N–H and O–H groups in total. The van der Waals surface area contributed by atoms with Crippen molar-refractivity contribution in [3.63, 3.8) is 0 Å². The molecule has 104 valence electrons. The van der Waals surface area contributed by atoms with Gasteiger partial charge in [-0.2, -0.15) is 0 Å². The fourth-order valence-corrected chi connectivity index (χ4v) is 2.48. The number of rotatable bonds is 3. The molecule has 0 heterocycles. The molecule has 0 bridgehead atoms. The summed E-state index contributed by atoms with van der Waals surface area (Å²) >= 11 is 6.18. The van der Waals surface area contributed by atoms with E-state index in [0.717, 1.165) is 5.56 Å². The number of ether oxygens (including phenoxy) is 1. The van der Waals surface area contributed by atoms with Crippen LogP contribution in [0.4, 0.5) is 5.69 Å². The summed E-state index contributed by atoms with van der Waals surface area (Å²) in [6.45, 7) is 3.66. The largest absolute Gasteiger partial charge is 0.496 e. The number of benzene rings is 2. The number of carbonyl (C=O) groups is 1. The van der Waals surface area contributed by atoms with Gasteiger partial charge in [0.25, 0.3) is 0 Å². The third kappa shape index (κ3) is 2.37. The Morgan fingerprint density at radius 3 is 2.50 bits per heavy atom. The van der Waals surface area contributed by atoms with Crippen molar-refractivity contribution in [2.24, 2.45) is 0 Å². The standard InChI is InChI=1S/C16H16ClNO2/c1-9-8-12(17)10(2)14(16(9)20-3)15(19)11-6-4-5-7-13(11)18/h4-8H,18H2,1-3H3. The summed E-state index contributed by atoms with van der Waals surface area (Å²) in [5, 5.41) is 0.543. The Bertz CT molecular complexity index is 680. The van der Waals surface area contributed by atoms with E-state index in [4.69, 9.17) is 22.1 Å². The number of ketones is 1. The van der Waals surface area contributed by atoms with Gasteiger partial charge in [0.2, 0.25) is 0 Å². The second kappa shape index (κ2) is 5.55. The molecule has 0 aliphatic heterocycles. The summed E-state index contributed by atoms with van der Waals surface area (Å²) < 4.78 is 5.37. The van der Waals surface area contributed by atoms with Crippen LogP contribution in [0.3, 0.4) is 0 Å². The van der Waals surface area contributed by atoms with Crippen LogP contribution >= 0.6 is 11.6 Å². The second-order valence-electron chi connectivity index (χ2n) is 4.62. The van der Waals surface area contributed by atoms with Gasteiger partial charge in [-0.05, 0) is 43.2 Å². The minimum Gasteiger partial charge on any atom is -0.496 e. The highest BCUT2D eigenvalue weighted by molar-refractivity contribution is 6.32. The first-order valence-electron chi connectivity index (χ1n) is 6.20. The van der Waals surface area contributed by atoms with Gasteiger partial charge in [0, 0.05) is 16.3 Å². The van der Waals surface area contributed by atoms with Gasteiger partial charge in [-0.25, -0.2) is 0 Å². The summed E-state index contributed by atoms with van der Waals surface area (Å²) in [5.74, 6) is 0.364. The van der Waals surface area contributed by atoms with Gasteiger partial charge in [-0.3, -0.25) is 4.79 Å². The molecule has 3 nitrogen and oxygen atoms in total. The van der Waals surface area contributed by atoms with Crippen LogP contribution in [0.2, 0.25) is 5.02 Å². The van der Waals surface area contributed by atoms with Crippen molar-refractivity contribution in [1.82, 2.24) is 0 Å². The van der Waals surface area contributed by atoms with Gasteiger partial charge in [0.15, 0.2) is 5.78 Å². The van der Waals surface area contributed by atoms with E-state index in [0.29, 0.717) is 33.1 Å². The Morgan fingerprint density at radius 2 is 1.90 bits per heavy atom. The minimum absolute atomic E-state index is 0.178. The first-order chi connectivity index (χ1) is 9.47. The average Bonchev–Trinajstić information content (AvgIpc) is 2.42. The van der Waals surface area contributed by atoms with Gasteiger partial charge < -0.3 is 10.5 Å². The minimum atomic E-state index is -0.178. The molecule has 0 aliphatic carbocycles. The van der Waals surface area contributed by atoms with Gasteiger partial charge in [0.05, 0.1) is 12.7 Å². The Balaban J connectivity index is 2.69. The Kier molecular flexibility index (Phi) is 4.00.